The van der Waals surface area contributed by atoms with E-state index in [9.17, 15) is 5.11 Å². The maximum Gasteiger partial charge on any atom is 0.133 e. The summed E-state index contributed by atoms with van der Waals surface area (Å²) in [5.41, 5.74) is 3.82. The zero-order valence-electron chi connectivity index (χ0n) is 10.1. The second kappa shape index (κ2) is 4.78. The van der Waals surface area contributed by atoms with Gasteiger partial charge in [0.1, 0.15) is 5.75 Å². The first kappa shape index (κ1) is 11.2. The molecule has 0 saturated carbocycles. The normalized spacial score (nSPS) is 17.7. The quantitative estimate of drug-likeness (QED) is 0.866. The molecule has 18 heavy (non-hydrogen) atoms. The third kappa shape index (κ3) is 2.22. The fraction of sp³-hybridized carbons (Fsp3) is 0.267. The smallest absolute Gasteiger partial charge is 0.133 e. The molecule has 1 aromatic heterocycles. The molecule has 2 N–H and O–H groups in total. The zero-order chi connectivity index (χ0) is 12.4. The number of nitrogens with one attached hydrogen (secondary N) is 1. The van der Waals surface area contributed by atoms with Gasteiger partial charge in [0, 0.05) is 12.6 Å². The van der Waals surface area contributed by atoms with Crippen LogP contribution in [0.2, 0.25) is 0 Å². The lowest BCUT2D eigenvalue weighted by Gasteiger charge is -2.13. The first-order valence-corrected chi connectivity index (χ1v) is 6.28. The van der Waals surface area contributed by atoms with E-state index in [1.54, 1.807) is 6.07 Å². The molecule has 2 aromatic rings. The van der Waals surface area contributed by atoms with Crippen molar-refractivity contribution in [2.24, 2.45) is 0 Å². The standard InChI is InChI=1S/C15H16N2O/c18-13-7-6-12(16-10-13)9-17-15-8-5-11-3-1-2-4-14(11)15/h1-4,6-7,10,15,17-18H,5,8-9H2. The molecule has 1 aromatic carbocycles. The third-order valence-electron chi connectivity index (χ3n) is 3.47. The van der Waals surface area contributed by atoms with Crippen molar-refractivity contribution < 1.29 is 5.11 Å². The molecular weight excluding hydrogens is 224 g/mol. The Hall–Kier alpha value is -1.87. The second-order valence-corrected chi connectivity index (χ2v) is 4.68. The number of nitrogens with zero attached hydrogens (tertiary/aromatic N) is 1. The van der Waals surface area contributed by atoms with Crippen LogP contribution in [0.25, 0.3) is 0 Å². The molecule has 1 aliphatic rings. The number of hydrogen-bond donors (Lipinski definition) is 2. The van der Waals surface area contributed by atoms with Crippen LogP contribution in [0.3, 0.4) is 0 Å². The van der Waals surface area contributed by atoms with Crippen molar-refractivity contribution in [1.29, 1.82) is 0 Å². The van der Waals surface area contributed by atoms with Gasteiger partial charge >= 0.3 is 0 Å². The number of aromatic hydroxyl groups is 1. The van der Waals surface area contributed by atoms with Gasteiger partial charge in [0.2, 0.25) is 0 Å². The lowest BCUT2D eigenvalue weighted by molar-refractivity contribution is 0.470. The highest BCUT2D eigenvalue weighted by Gasteiger charge is 2.20. The average Bonchev–Trinajstić information content (AvgIpc) is 2.82. The Morgan fingerprint density at radius 3 is 2.94 bits per heavy atom. The van der Waals surface area contributed by atoms with E-state index in [1.807, 2.05) is 6.07 Å². The van der Waals surface area contributed by atoms with Crippen LogP contribution in [0.5, 0.6) is 5.75 Å². The van der Waals surface area contributed by atoms with Crippen LogP contribution in [0.4, 0.5) is 0 Å². The molecular formula is C15H16N2O. The van der Waals surface area contributed by atoms with Crippen molar-refractivity contribution in [3.05, 3.63) is 59.4 Å². The van der Waals surface area contributed by atoms with E-state index in [4.69, 9.17) is 0 Å². The molecule has 1 unspecified atom stereocenters. The maximum atomic E-state index is 9.18. The number of hydrogen-bond acceptors (Lipinski definition) is 3. The molecule has 0 saturated heterocycles. The van der Waals surface area contributed by atoms with Gasteiger partial charge in [-0.1, -0.05) is 24.3 Å². The summed E-state index contributed by atoms with van der Waals surface area (Å²) in [6.07, 6.45) is 3.79. The van der Waals surface area contributed by atoms with Crippen molar-refractivity contribution >= 4 is 0 Å². The van der Waals surface area contributed by atoms with Gasteiger partial charge in [-0.25, -0.2) is 0 Å². The van der Waals surface area contributed by atoms with Crippen LogP contribution in [-0.2, 0) is 13.0 Å². The first-order valence-electron chi connectivity index (χ1n) is 6.28. The molecule has 92 valence electrons. The summed E-state index contributed by atoms with van der Waals surface area (Å²) in [7, 11) is 0. The summed E-state index contributed by atoms with van der Waals surface area (Å²) in [6.45, 7) is 0.735. The Morgan fingerprint density at radius 1 is 1.22 bits per heavy atom. The minimum atomic E-state index is 0.213. The van der Waals surface area contributed by atoms with Gasteiger partial charge in [0.15, 0.2) is 0 Å². The molecule has 1 heterocycles. The zero-order valence-corrected chi connectivity index (χ0v) is 10.1. The van der Waals surface area contributed by atoms with E-state index in [0.29, 0.717) is 6.04 Å². The number of aromatic nitrogens is 1. The van der Waals surface area contributed by atoms with Gasteiger partial charge in [-0.3, -0.25) is 4.98 Å². The first-order chi connectivity index (χ1) is 8.83. The number of aryl methyl sites for hydroxylation is 1. The van der Waals surface area contributed by atoms with Crippen molar-refractivity contribution in [1.82, 2.24) is 10.3 Å². The van der Waals surface area contributed by atoms with Gasteiger partial charge in [-0.15, -0.1) is 0 Å². The Labute approximate surface area is 107 Å². The summed E-state index contributed by atoms with van der Waals surface area (Å²) >= 11 is 0. The average molecular weight is 240 g/mol. The van der Waals surface area contributed by atoms with E-state index in [0.717, 1.165) is 25.1 Å². The minimum Gasteiger partial charge on any atom is -0.506 e. The topological polar surface area (TPSA) is 45.1 Å². The predicted molar refractivity (Wildman–Crippen MR) is 70.2 cm³/mol. The lowest BCUT2D eigenvalue weighted by atomic mass is 10.1. The number of rotatable bonds is 3. The molecule has 3 rings (SSSR count). The number of benzene rings is 1. The summed E-state index contributed by atoms with van der Waals surface area (Å²) in [6, 6.07) is 12.5. The molecule has 1 aliphatic carbocycles. The van der Waals surface area contributed by atoms with Crippen LogP contribution in [0.15, 0.2) is 42.6 Å². The van der Waals surface area contributed by atoms with Crippen LogP contribution in [0, 0.1) is 0 Å². The summed E-state index contributed by atoms with van der Waals surface area (Å²) in [4.78, 5) is 4.18. The SMILES string of the molecule is Oc1ccc(CNC2CCc3ccccc32)nc1. The molecule has 3 nitrogen and oxygen atoms in total. The fourth-order valence-electron chi connectivity index (χ4n) is 2.52. The number of pyridine rings is 1. The molecule has 1 atom stereocenters. The molecule has 0 amide bonds. The summed E-state index contributed by atoms with van der Waals surface area (Å²) in [5, 5.41) is 12.7. The van der Waals surface area contributed by atoms with Gasteiger partial charge in [-0.2, -0.15) is 0 Å². The Balaban J connectivity index is 1.67. The predicted octanol–water partition coefficient (Wildman–Crippen LogP) is 2.56. The van der Waals surface area contributed by atoms with Gasteiger partial charge in [0.05, 0.1) is 11.9 Å². The van der Waals surface area contributed by atoms with Gasteiger partial charge in [-0.05, 0) is 36.1 Å². The molecule has 0 aliphatic heterocycles. The molecule has 0 fully saturated rings. The van der Waals surface area contributed by atoms with E-state index < -0.39 is 0 Å². The third-order valence-corrected chi connectivity index (χ3v) is 3.47. The van der Waals surface area contributed by atoms with Crippen molar-refractivity contribution in [3.8, 4) is 5.75 Å². The summed E-state index contributed by atoms with van der Waals surface area (Å²) < 4.78 is 0. The molecule has 0 radical (unpaired) electrons. The molecule has 3 heteroatoms. The highest BCUT2D eigenvalue weighted by atomic mass is 16.3. The largest absolute Gasteiger partial charge is 0.506 e. The van der Waals surface area contributed by atoms with E-state index in [-0.39, 0.29) is 5.75 Å². The molecule has 0 spiro atoms. The van der Waals surface area contributed by atoms with Crippen LogP contribution < -0.4 is 5.32 Å². The minimum absolute atomic E-state index is 0.213. The van der Waals surface area contributed by atoms with E-state index >= 15 is 0 Å². The number of fused-ring (bicyclic) bond motifs is 1. The highest BCUT2D eigenvalue weighted by Crippen LogP contribution is 2.30. The Bertz CT molecular complexity index is 536. The van der Waals surface area contributed by atoms with Gasteiger partial charge in [0.25, 0.3) is 0 Å². The van der Waals surface area contributed by atoms with Gasteiger partial charge < -0.3 is 10.4 Å². The Kier molecular flexibility index (Phi) is 2.99. The monoisotopic (exact) mass is 240 g/mol. The lowest BCUT2D eigenvalue weighted by Crippen LogP contribution is -2.19. The Morgan fingerprint density at radius 2 is 2.11 bits per heavy atom. The highest BCUT2D eigenvalue weighted by molar-refractivity contribution is 5.34. The van der Waals surface area contributed by atoms with Crippen LogP contribution in [-0.4, -0.2) is 10.1 Å². The van der Waals surface area contributed by atoms with Crippen molar-refractivity contribution in [2.45, 2.75) is 25.4 Å². The fourth-order valence-corrected chi connectivity index (χ4v) is 2.52. The van der Waals surface area contributed by atoms with Crippen molar-refractivity contribution in [3.63, 3.8) is 0 Å². The molecule has 0 bridgehead atoms. The van der Waals surface area contributed by atoms with E-state index in [2.05, 4.69) is 34.6 Å². The summed E-state index contributed by atoms with van der Waals surface area (Å²) in [5.74, 6) is 0.213. The van der Waals surface area contributed by atoms with Crippen molar-refractivity contribution in [2.75, 3.05) is 0 Å². The maximum absolute atomic E-state index is 9.18. The van der Waals surface area contributed by atoms with Crippen LogP contribution in [0.1, 0.15) is 29.3 Å². The van der Waals surface area contributed by atoms with E-state index in [1.165, 1.54) is 17.3 Å². The second-order valence-electron chi connectivity index (χ2n) is 4.68. The van der Waals surface area contributed by atoms with Crippen LogP contribution >= 0.6 is 0 Å².